The van der Waals surface area contributed by atoms with E-state index in [1.54, 1.807) is 17.5 Å². The van der Waals surface area contributed by atoms with Crippen LogP contribution < -0.4 is 5.32 Å². The molecule has 2 heterocycles. The van der Waals surface area contributed by atoms with Gasteiger partial charge >= 0.3 is 0 Å². The van der Waals surface area contributed by atoms with Crippen molar-refractivity contribution in [1.29, 1.82) is 5.26 Å². The summed E-state index contributed by atoms with van der Waals surface area (Å²) in [5, 5.41) is 33.1. The molecule has 0 radical (unpaired) electrons. The van der Waals surface area contributed by atoms with Gasteiger partial charge in [0.25, 0.3) is 0 Å². The predicted octanol–water partition coefficient (Wildman–Crippen LogP) is 2.39. The largest absolute Gasteiger partial charge is 0.508 e. The number of hydrogen-bond donors (Lipinski definition) is 3. The molecule has 1 amide bonds. The second kappa shape index (κ2) is 8.29. The van der Waals surface area contributed by atoms with E-state index in [-0.39, 0.29) is 35.1 Å². The van der Waals surface area contributed by atoms with Gasteiger partial charge in [-0.25, -0.2) is 9.97 Å². The minimum atomic E-state index is -0.150. The van der Waals surface area contributed by atoms with E-state index in [2.05, 4.69) is 15.3 Å². The fourth-order valence-electron chi connectivity index (χ4n) is 2.41. The zero-order valence-corrected chi connectivity index (χ0v) is 15.0. The fourth-order valence-corrected chi connectivity index (χ4v) is 3.23. The molecule has 136 valence electrons. The Labute approximate surface area is 159 Å². The summed E-state index contributed by atoms with van der Waals surface area (Å²) in [4.78, 5) is 20.5. The average molecular weight is 380 g/mol. The number of amides is 1. The minimum Gasteiger partial charge on any atom is -0.508 e. The van der Waals surface area contributed by atoms with Gasteiger partial charge in [-0.15, -0.1) is 11.3 Å². The summed E-state index contributed by atoms with van der Waals surface area (Å²) in [6, 6.07) is 10.1. The van der Waals surface area contributed by atoms with Gasteiger partial charge in [0.1, 0.15) is 28.3 Å². The maximum atomic E-state index is 12.1. The number of nitrogens with one attached hydrogen (secondary N) is 1. The molecule has 3 aromatic rings. The molecule has 27 heavy (non-hydrogen) atoms. The highest BCUT2D eigenvalue weighted by atomic mass is 32.1. The molecule has 0 aliphatic carbocycles. The fraction of sp³-hybridized carbons (Fsp3) is 0.158. The van der Waals surface area contributed by atoms with Crippen LogP contribution in [0.1, 0.15) is 16.8 Å². The van der Waals surface area contributed by atoms with Crippen molar-refractivity contribution in [3.05, 3.63) is 58.7 Å². The lowest BCUT2D eigenvalue weighted by atomic mass is 10.1. The Morgan fingerprint density at radius 3 is 2.74 bits per heavy atom. The Morgan fingerprint density at radius 1 is 1.26 bits per heavy atom. The summed E-state index contributed by atoms with van der Waals surface area (Å²) in [5.74, 6) is -0.0548. The molecule has 0 aliphatic rings. The van der Waals surface area contributed by atoms with E-state index in [1.807, 2.05) is 18.2 Å². The molecule has 0 aliphatic heterocycles. The number of rotatable bonds is 6. The second-order valence-electron chi connectivity index (χ2n) is 5.79. The van der Waals surface area contributed by atoms with E-state index in [9.17, 15) is 15.0 Å². The number of phenols is 1. The third-order valence-corrected chi connectivity index (χ3v) is 4.66. The molecule has 3 rings (SSSR count). The summed E-state index contributed by atoms with van der Waals surface area (Å²) >= 11 is 1.27. The first-order valence-corrected chi connectivity index (χ1v) is 9.01. The Morgan fingerprint density at radius 2 is 2.04 bits per heavy atom. The van der Waals surface area contributed by atoms with Crippen LogP contribution in [-0.4, -0.2) is 32.6 Å². The van der Waals surface area contributed by atoms with Crippen molar-refractivity contribution in [2.24, 2.45) is 0 Å². The van der Waals surface area contributed by atoms with Gasteiger partial charge in [0, 0.05) is 24.2 Å². The maximum Gasteiger partial charge on any atom is 0.226 e. The average Bonchev–Trinajstić information content (AvgIpc) is 3.11. The minimum absolute atomic E-state index is 0.117. The van der Waals surface area contributed by atoms with Gasteiger partial charge in [0.2, 0.25) is 5.91 Å². The summed E-state index contributed by atoms with van der Waals surface area (Å²) in [5.41, 5.74) is 2.16. The van der Waals surface area contributed by atoms with E-state index < -0.39 is 0 Å². The molecule has 0 atom stereocenters. The summed E-state index contributed by atoms with van der Waals surface area (Å²) in [7, 11) is 0. The molecule has 0 saturated heterocycles. The smallest absolute Gasteiger partial charge is 0.226 e. The molecular weight excluding hydrogens is 364 g/mol. The predicted molar refractivity (Wildman–Crippen MR) is 100 cm³/mol. The first kappa shape index (κ1) is 18.4. The molecule has 3 N–H and O–H groups in total. The van der Waals surface area contributed by atoms with Gasteiger partial charge in [0.15, 0.2) is 0 Å². The van der Waals surface area contributed by atoms with Crippen LogP contribution in [0.4, 0.5) is 0 Å². The number of thiazole rings is 1. The van der Waals surface area contributed by atoms with Crippen molar-refractivity contribution in [1.82, 2.24) is 15.3 Å². The van der Waals surface area contributed by atoms with Gasteiger partial charge in [-0.05, 0) is 24.1 Å². The third kappa shape index (κ3) is 4.80. The number of aromatic hydroxyl groups is 2. The summed E-state index contributed by atoms with van der Waals surface area (Å²) < 4.78 is 0. The number of aromatic nitrogens is 2. The lowest BCUT2D eigenvalue weighted by molar-refractivity contribution is -0.120. The number of hydrogen-bond acceptors (Lipinski definition) is 7. The number of pyridine rings is 1. The van der Waals surface area contributed by atoms with Crippen LogP contribution in [0.5, 0.6) is 11.5 Å². The lowest BCUT2D eigenvalue weighted by Crippen LogP contribution is -2.27. The normalized spacial score (nSPS) is 10.3. The number of carbonyl (C=O) groups is 1. The van der Waals surface area contributed by atoms with Crippen molar-refractivity contribution in [2.45, 2.75) is 12.8 Å². The zero-order valence-electron chi connectivity index (χ0n) is 14.2. The lowest BCUT2D eigenvalue weighted by Gasteiger charge is -2.04. The zero-order chi connectivity index (χ0) is 19.2. The first-order chi connectivity index (χ1) is 13.0. The van der Waals surface area contributed by atoms with Crippen LogP contribution in [0.15, 0.2) is 41.9 Å². The third-order valence-electron chi connectivity index (χ3n) is 3.76. The van der Waals surface area contributed by atoms with Crippen molar-refractivity contribution in [3.63, 3.8) is 0 Å². The molecule has 2 aromatic heterocycles. The molecule has 8 heteroatoms. The molecular formula is C19H16N4O3S. The molecule has 0 unspecified atom stereocenters. The highest BCUT2D eigenvalue weighted by molar-refractivity contribution is 7.13. The van der Waals surface area contributed by atoms with E-state index in [0.717, 1.165) is 5.56 Å². The SMILES string of the molecule is N#Cc1cnc(-c2nc(CC(=O)NCCc3ccc(O)cc3)cs2)c(O)c1. The molecule has 0 spiro atoms. The quantitative estimate of drug-likeness (QED) is 0.604. The van der Waals surface area contributed by atoms with Gasteiger partial charge in [-0.2, -0.15) is 5.26 Å². The number of nitriles is 1. The monoisotopic (exact) mass is 380 g/mol. The van der Waals surface area contributed by atoms with Gasteiger partial charge < -0.3 is 15.5 Å². The maximum absolute atomic E-state index is 12.1. The van der Waals surface area contributed by atoms with Crippen LogP contribution in [0.25, 0.3) is 10.7 Å². The van der Waals surface area contributed by atoms with Crippen LogP contribution in [0, 0.1) is 11.3 Å². The molecule has 0 saturated carbocycles. The number of nitrogens with zero attached hydrogens (tertiary/aromatic N) is 3. The van der Waals surface area contributed by atoms with E-state index in [0.29, 0.717) is 23.7 Å². The van der Waals surface area contributed by atoms with Gasteiger partial charge in [0.05, 0.1) is 17.7 Å². The van der Waals surface area contributed by atoms with E-state index in [1.165, 1.54) is 23.6 Å². The van der Waals surface area contributed by atoms with Crippen molar-refractivity contribution < 1.29 is 15.0 Å². The van der Waals surface area contributed by atoms with E-state index in [4.69, 9.17) is 5.26 Å². The standard InChI is InChI=1S/C19H16N4O3S/c20-9-13-7-16(25)18(22-10-13)19-23-14(11-27-19)8-17(26)21-6-5-12-1-3-15(24)4-2-12/h1-4,7,10-11,24-25H,5-6,8H2,(H,21,26). The summed E-state index contributed by atoms with van der Waals surface area (Å²) in [6.07, 6.45) is 2.16. The highest BCUT2D eigenvalue weighted by Crippen LogP contribution is 2.30. The van der Waals surface area contributed by atoms with Crippen molar-refractivity contribution in [2.75, 3.05) is 6.54 Å². The van der Waals surface area contributed by atoms with Gasteiger partial charge in [-0.1, -0.05) is 12.1 Å². The van der Waals surface area contributed by atoms with Crippen LogP contribution in [-0.2, 0) is 17.6 Å². The number of phenolic OH excluding ortho intramolecular Hbond substituents is 1. The Hall–Kier alpha value is -3.44. The van der Waals surface area contributed by atoms with Crippen LogP contribution in [0.3, 0.4) is 0 Å². The van der Waals surface area contributed by atoms with E-state index >= 15 is 0 Å². The molecule has 0 fully saturated rings. The second-order valence-corrected chi connectivity index (χ2v) is 6.65. The molecule has 7 nitrogen and oxygen atoms in total. The highest BCUT2D eigenvalue weighted by Gasteiger charge is 2.13. The Balaban J connectivity index is 1.55. The van der Waals surface area contributed by atoms with Crippen molar-refractivity contribution in [3.8, 4) is 28.3 Å². The number of benzene rings is 1. The molecule has 0 bridgehead atoms. The topological polar surface area (TPSA) is 119 Å². The van der Waals surface area contributed by atoms with Crippen LogP contribution >= 0.6 is 11.3 Å². The number of carbonyl (C=O) groups excluding carboxylic acids is 1. The first-order valence-electron chi connectivity index (χ1n) is 8.13. The van der Waals surface area contributed by atoms with Gasteiger partial charge in [-0.3, -0.25) is 4.79 Å². The van der Waals surface area contributed by atoms with Crippen LogP contribution in [0.2, 0.25) is 0 Å². The molecule has 1 aromatic carbocycles. The summed E-state index contributed by atoms with van der Waals surface area (Å²) in [6.45, 7) is 0.485. The Kier molecular flexibility index (Phi) is 5.64. The Bertz CT molecular complexity index is 993. The van der Waals surface area contributed by atoms with Crippen molar-refractivity contribution >= 4 is 17.2 Å².